The largest absolute Gasteiger partial charge is 0.381 e. The molecule has 1 atom stereocenters. The molecule has 0 heterocycles. The van der Waals surface area contributed by atoms with E-state index in [1.54, 1.807) is 6.92 Å². The Morgan fingerprint density at radius 3 is 2.36 bits per heavy atom. The van der Waals surface area contributed by atoms with Gasteiger partial charge in [-0.2, -0.15) is 0 Å². The van der Waals surface area contributed by atoms with Crippen molar-refractivity contribution >= 4 is 0 Å². The Bertz CT molecular complexity index is 349. The molecule has 0 saturated heterocycles. The maximum absolute atomic E-state index is 12.6. The van der Waals surface area contributed by atoms with Gasteiger partial charge in [-0.1, -0.05) is 31.4 Å². The van der Waals surface area contributed by atoms with Gasteiger partial charge in [-0.15, -0.1) is 0 Å². The van der Waals surface area contributed by atoms with Crippen molar-refractivity contribution < 1.29 is 9.50 Å². The highest BCUT2D eigenvalue weighted by atomic mass is 19.1. The molecule has 0 spiro atoms. The molecule has 0 bridgehead atoms. The lowest BCUT2D eigenvalue weighted by Gasteiger charge is -2.24. The van der Waals surface area contributed by atoms with Gasteiger partial charge in [0, 0.05) is 0 Å². The van der Waals surface area contributed by atoms with Crippen LogP contribution >= 0.6 is 0 Å². The molecule has 0 saturated carbocycles. The van der Waals surface area contributed by atoms with E-state index >= 15 is 0 Å². The molecule has 0 unspecified atom stereocenters. The van der Waals surface area contributed by atoms with Crippen LogP contribution in [0, 0.1) is 5.82 Å². The normalized spacial score (nSPS) is 14.5. The van der Waals surface area contributed by atoms with Crippen LogP contribution in [-0.2, 0) is 5.60 Å². The molecule has 0 aliphatic heterocycles. The summed E-state index contributed by atoms with van der Waals surface area (Å²) < 4.78 is 12.6. The van der Waals surface area contributed by atoms with E-state index in [2.05, 4.69) is 13.2 Å². The van der Waals surface area contributed by atoms with E-state index in [0.29, 0.717) is 11.1 Å². The molecule has 1 rings (SSSR count). The van der Waals surface area contributed by atoms with Crippen LogP contribution in [0.4, 0.5) is 4.39 Å². The van der Waals surface area contributed by atoms with Crippen LogP contribution in [0.2, 0.25) is 0 Å². The minimum atomic E-state index is -1.19. The summed E-state index contributed by atoms with van der Waals surface area (Å²) in [7, 11) is 0. The van der Waals surface area contributed by atoms with Crippen molar-refractivity contribution in [1.82, 2.24) is 0 Å². The van der Waals surface area contributed by atoms with Gasteiger partial charge in [0.05, 0.1) is 0 Å². The molecule has 1 nitrogen and oxygen atoms in total. The van der Waals surface area contributed by atoms with Crippen LogP contribution in [0.3, 0.4) is 0 Å². The lowest BCUT2D eigenvalue weighted by Crippen LogP contribution is -2.22. The fourth-order valence-electron chi connectivity index (χ4n) is 1.16. The molecule has 1 N–H and O–H groups in total. The first-order valence-electron chi connectivity index (χ1n) is 4.28. The summed E-state index contributed by atoms with van der Waals surface area (Å²) in [6.45, 7) is 8.82. The molecular formula is C12H13FO. The van der Waals surface area contributed by atoms with E-state index < -0.39 is 5.60 Å². The molecule has 1 aromatic carbocycles. The lowest BCUT2D eigenvalue weighted by molar-refractivity contribution is 0.102. The van der Waals surface area contributed by atoms with E-state index in [1.807, 2.05) is 0 Å². The van der Waals surface area contributed by atoms with Crippen LogP contribution in [0.25, 0.3) is 0 Å². The SMILES string of the molecule is C=CC(=C)[C@](C)(O)c1ccc(F)cc1. The summed E-state index contributed by atoms with van der Waals surface area (Å²) in [4.78, 5) is 0. The molecular weight excluding hydrogens is 179 g/mol. The zero-order valence-electron chi connectivity index (χ0n) is 8.13. The second kappa shape index (κ2) is 3.76. The maximum Gasteiger partial charge on any atom is 0.123 e. The summed E-state index contributed by atoms with van der Waals surface area (Å²) in [5.41, 5.74) is -0.0944. The Morgan fingerprint density at radius 2 is 1.93 bits per heavy atom. The quantitative estimate of drug-likeness (QED) is 0.730. The predicted molar refractivity (Wildman–Crippen MR) is 55.3 cm³/mol. The minimum Gasteiger partial charge on any atom is -0.381 e. The van der Waals surface area contributed by atoms with Crippen LogP contribution in [-0.4, -0.2) is 5.11 Å². The van der Waals surface area contributed by atoms with Gasteiger partial charge in [-0.3, -0.25) is 0 Å². The van der Waals surface area contributed by atoms with Crippen molar-refractivity contribution in [2.24, 2.45) is 0 Å². The molecule has 0 aromatic heterocycles. The summed E-state index contributed by atoms with van der Waals surface area (Å²) in [5, 5.41) is 10.1. The fraction of sp³-hybridized carbons (Fsp3) is 0.167. The molecule has 0 aliphatic carbocycles. The highest BCUT2D eigenvalue weighted by Gasteiger charge is 2.24. The molecule has 14 heavy (non-hydrogen) atoms. The zero-order valence-corrected chi connectivity index (χ0v) is 8.13. The Morgan fingerprint density at radius 1 is 1.43 bits per heavy atom. The third-order valence-corrected chi connectivity index (χ3v) is 2.28. The second-order valence-electron chi connectivity index (χ2n) is 3.31. The van der Waals surface area contributed by atoms with Gasteiger partial charge in [0.25, 0.3) is 0 Å². The Balaban J connectivity index is 3.09. The highest BCUT2D eigenvalue weighted by Crippen LogP contribution is 2.28. The number of hydrogen-bond acceptors (Lipinski definition) is 1. The number of rotatable bonds is 3. The van der Waals surface area contributed by atoms with Crippen molar-refractivity contribution in [3.8, 4) is 0 Å². The van der Waals surface area contributed by atoms with E-state index in [9.17, 15) is 9.50 Å². The van der Waals surface area contributed by atoms with Gasteiger partial charge in [0.15, 0.2) is 0 Å². The van der Waals surface area contributed by atoms with Crippen molar-refractivity contribution in [3.05, 3.63) is 60.5 Å². The first kappa shape index (κ1) is 10.7. The lowest BCUT2D eigenvalue weighted by atomic mass is 9.89. The van der Waals surface area contributed by atoms with Crippen molar-refractivity contribution in [1.29, 1.82) is 0 Å². The van der Waals surface area contributed by atoms with Crippen LogP contribution < -0.4 is 0 Å². The number of halogens is 1. The zero-order chi connectivity index (χ0) is 10.8. The second-order valence-corrected chi connectivity index (χ2v) is 3.31. The summed E-state index contributed by atoms with van der Waals surface area (Å²) >= 11 is 0. The van der Waals surface area contributed by atoms with Gasteiger partial charge in [-0.25, -0.2) is 4.39 Å². The fourth-order valence-corrected chi connectivity index (χ4v) is 1.16. The first-order chi connectivity index (χ1) is 6.48. The van der Waals surface area contributed by atoms with Crippen LogP contribution in [0.1, 0.15) is 12.5 Å². The average molecular weight is 192 g/mol. The summed E-state index contributed by atoms with van der Waals surface area (Å²) in [5.74, 6) is -0.325. The summed E-state index contributed by atoms with van der Waals surface area (Å²) in [6.07, 6.45) is 1.49. The van der Waals surface area contributed by atoms with Crippen molar-refractivity contribution in [2.75, 3.05) is 0 Å². The Kier molecular flexibility index (Phi) is 2.87. The molecule has 0 radical (unpaired) electrons. The van der Waals surface area contributed by atoms with Crippen molar-refractivity contribution in [2.45, 2.75) is 12.5 Å². The van der Waals surface area contributed by atoms with E-state index in [4.69, 9.17) is 0 Å². The number of hydrogen-bond donors (Lipinski definition) is 1. The molecule has 2 heteroatoms. The number of aliphatic hydroxyl groups is 1. The monoisotopic (exact) mass is 192 g/mol. The molecule has 0 fully saturated rings. The molecule has 1 aromatic rings. The third kappa shape index (κ3) is 1.91. The first-order valence-corrected chi connectivity index (χ1v) is 4.28. The van der Waals surface area contributed by atoms with Gasteiger partial charge in [0.1, 0.15) is 11.4 Å². The van der Waals surface area contributed by atoms with Gasteiger partial charge in [-0.05, 0) is 30.2 Å². The smallest absolute Gasteiger partial charge is 0.123 e. The maximum atomic E-state index is 12.6. The predicted octanol–water partition coefficient (Wildman–Crippen LogP) is 2.78. The van der Waals surface area contributed by atoms with Crippen molar-refractivity contribution in [3.63, 3.8) is 0 Å². The molecule has 0 amide bonds. The Labute approximate surface area is 83.2 Å². The van der Waals surface area contributed by atoms with Crippen LogP contribution in [0.5, 0.6) is 0 Å². The third-order valence-electron chi connectivity index (χ3n) is 2.28. The minimum absolute atomic E-state index is 0.325. The standard InChI is InChI=1S/C12H13FO/c1-4-9(2)12(3,14)10-5-7-11(13)8-6-10/h4-8,14H,1-2H2,3H3/t12-/m0/s1. The van der Waals surface area contributed by atoms with E-state index in [0.717, 1.165) is 0 Å². The average Bonchev–Trinajstić information content (AvgIpc) is 2.17. The van der Waals surface area contributed by atoms with Gasteiger partial charge in [0.2, 0.25) is 0 Å². The molecule has 0 aliphatic rings. The topological polar surface area (TPSA) is 20.2 Å². The number of benzene rings is 1. The van der Waals surface area contributed by atoms with E-state index in [-0.39, 0.29) is 5.82 Å². The highest BCUT2D eigenvalue weighted by molar-refractivity contribution is 5.35. The van der Waals surface area contributed by atoms with E-state index in [1.165, 1.54) is 30.3 Å². The summed E-state index contributed by atoms with van der Waals surface area (Å²) in [6, 6.07) is 5.67. The Hall–Kier alpha value is -1.41. The van der Waals surface area contributed by atoms with Gasteiger partial charge >= 0.3 is 0 Å². The van der Waals surface area contributed by atoms with Gasteiger partial charge < -0.3 is 5.11 Å². The van der Waals surface area contributed by atoms with Crippen LogP contribution in [0.15, 0.2) is 49.1 Å². The molecule has 74 valence electrons.